The zero-order valence-corrected chi connectivity index (χ0v) is 11.0. The highest BCUT2D eigenvalue weighted by molar-refractivity contribution is 5.91. The second-order valence-electron chi connectivity index (χ2n) is 4.67. The van der Waals surface area contributed by atoms with E-state index in [9.17, 15) is 4.79 Å². The molecule has 1 amide bonds. The number of aryl methyl sites for hydroxylation is 1. The molecule has 2 aromatic heterocycles. The highest BCUT2D eigenvalue weighted by atomic mass is 16.5. The molecule has 104 valence electrons. The summed E-state index contributed by atoms with van der Waals surface area (Å²) in [5.74, 6) is 0.568. The summed E-state index contributed by atoms with van der Waals surface area (Å²) in [4.78, 5) is 13.7. The second kappa shape index (κ2) is 5.28. The smallest absolute Gasteiger partial charge is 0.292 e. The van der Waals surface area contributed by atoms with E-state index in [1.54, 1.807) is 17.0 Å². The van der Waals surface area contributed by atoms with Crippen molar-refractivity contribution in [1.29, 1.82) is 0 Å². The average molecular weight is 274 g/mol. The van der Waals surface area contributed by atoms with Crippen molar-refractivity contribution in [1.82, 2.24) is 20.3 Å². The first kappa shape index (κ1) is 12.6. The van der Waals surface area contributed by atoms with Crippen LogP contribution in [0.4, 0.5) is 0 Å². The normalized spacial score (nSPS) is 18.2. The molecule has 3 rings (SSSR count). The molecule has 20 heavy (non-hydrogen) atoms. The summed E-state index contributed by atoms with van der Waals surface area (Å²) < 4.78 is 10.6. The Hall–Kier alpha value is -2.44. The molecule has 0 bridgehead atoms. The number of amides is 1. The Morgan fingerprint density at radius 1 is 1.40 bits per heavy atom. The third-order valence-electron chi connectivity index (χ3n) is 3.14. The molecule has 0 unspecified atom stereocenters. The van der Waals surface area contributed by atoms with E-state index in [1.165, 1.54) is 6.20 Å². The summed E-state index contributed by atoms with van der Waals surface area (Å²) in [6.07, 6.45) is 2.15. The molecule has 7 heteroatoms. The number of ether oxygens (including phenoxy) is 1. The first-order chi connectivity index (χ1) is 9.72. The fourth-order valence-electron chi connectivity index (χ4n) is 2.11. The molecule has 1 aliphatic heterocycles. The predicted octanol–water partition coefficient (Wildman–Crippen LogP) is 1.07. The van der Waals surface area contributed by atoms with E-state index >= 15 is 0 Å². The van der Waals surface area contributed by atoms with Crippen LogP contribution < -0.4 is 4.74 Å². The monoisotopic (exact) mass is 274 g/mol. The van der Waals surface area contributed by atoms with E-state index in [0.717, 1.165) is 12.1 Å². The molecule has 0 spiro atoms. The number of carbonyl (C=O) groups excluding carboxylic acids is 1. The van der Waals surface area contributed by atoms with Gasteiger partial charge in [0.1, 0.15) is 6.10 Å². The van der Waals surface area contributed by atoms with Gasteiger partial charge in [-0.25, -0.2) is 0 Å². The molecule has 0 aliphatic carbocycles. The molecule has 0 radical (unpaired) electrons. The van der Waals surface area contributed by atoms with Gasteiger partial charge in [-0.05, 0) is 13.0 Å². The fraction of sp³-hybridized carbons (Fsp3) is 0.385. The molecule has 0 saturated carbocycles. The summed E-state index contributed by atoms with van der Waals surface area (Å²) >= 11 is 0. The maximum absolute atomic E-state index is 12.1. The van der Waals surface area contributed by atoms with Gasteiger partial charge in [0.05, 0.1) is 18.4 Å². The van der Waals surface area contributed by atoms with E-state index in [4.69, 9.17) is 9.26 Å². The lowest BCUT2D eigenvalue weighted by Gasteiger charge is -2.15. The van der Waals surface area contributed by atoms with Gasteiger partial charge in [-0.15, -0.1) is 5.10 Å². The average Bonchev–Trinajstić information content (AvgIpc) is 3.12. The lowest BCUT2D eigenvalue weighted by Crippen LogP contribution is -2.30. The van der Waals surface area contributed by atoms with Gasteiger partial charge in [0, 0.05) is 25.1 Å². The maximum Gasteiger partial charge on any atom is 0.292 e. The molecule has 1 fully saturated rings. The zero-order valence-electron chi connectivity index (χ0n) is 11.0. The van der Waals surface area contributed by atoms with Gasteiger partial charge in [-0.3, -0.25) is 4.79 Å². The Kier molecular flexibility index (Phi) is 3.32. The Labute approximate surface area is 115 Å². The van der Waals surface area contributed by atoms with Gasteiger partial charge in [0.15, 0.2) is 0 Å². The number of hydrogen-bond donors (Lipinski definition) is 0. The van der Waals surface area contributed by atoms with Gasteiger partial charge in [-0.1, -0.05) is 5.16 Å². The maximum atomic E-state index is 12.1. The van der Waals surface area contributed by atoms with Crippen LogP contribution >= 0.6 is 0 Å². The first-order valence-corrected chi connectivity index (χ1v) is 6.39. The van der Waals surface area contributed by atoms with E-state index < -0.39 is 0 Å². The van der Waals surface area contributed by atoms with Gasteiger partial charge < -0.3 is 14.2 Å². The molecule has 1 saturated heterocycles. The topological polar surface area (TPSA) is 81.4 Å². The van der Waals surface area contributed by atoms with Crippen molar-refractivity contribution in [3.63, 3.8) is 0 Å². The zero-order chi connectivity index (χ0) is 13.9. The Bertz CT molecular complexity index is 582. The minimum absolute atomic E-state index is 0.0705. The van der Waals surface area contributed by atoms with Crippen molar-refractivity contribution in [3.8, 4) is 5.88 Å². The van der Waals surface area contributed by atoms with Crippen LogP contribution in [0.5, 0.6) is 5.88 Å². The third-order valence-corrected chi connectivity index (χ3v) is 3.14. The van der Waals surface area contributed by atoms with Crippen LogP contribution in [0, 0.1) is 6.92 Å². The van der Waals surface area contributed by atoms with Crippen molar-refractivity contribution in [3.05, 3.63) is 35.9 Å². The standard InChI is InChI=1S/C13H14N4O3/c1-9-2-3-12(16-15-9)19-10-5-7-17(8-10)13(18)11-4-6-14-20-11/h2-4,6,10H,5,7-8H2,1H3/t10-/m1/s1. The minimum atomic E-state index is -0.163. The lowest BCUT2D eigenvalue weighted by molar-refractivity contribution is 0.0730. The Morgan fingerprint density at radius 2 is 2.30 bits per heavy atom. The molecular weight excluding hydrogens is 260 g/mol. The Balaban J connectivity index is 1.59. The van der Waals surface area contributed by atoms with Gasteiger partial charge in [0.2, 0.25) is 11.6 Å². The number of nitrogens with zero attached hydrogens (tertiary/aromatic N) is 4. The van der Waals surface area contributed by atoms with Crippen LogP contribution in [-0.4, -0.2) is 45.4 Å². The molecule has 3 heterocycles. The number of hydrogen-bond acceptors (Lipinski definition) is 6. The minimum Gasteiger partial charge on any atom is -0.471 e. The van der Waals surface area contributed by atoms with E-state index in [-0.39, 0.29) is 17.8 Å². The Morgan fingerprint density at radius 3 is 3.00 bits per heavy atom. The number of aromatic nitrogens is 3. The fourth-order valence-corrected chi connectivity index (χ4v) is 2.11. The molecule has 1 aliphatic rings. The van der Waals surface area contributed by atoms with E-state index in [0.29, 0.717) is 19.0 Å². The molecule has 0 N–H and O–H groups in total. The largest absolute Gasteiger partial charge is 0.471 e. The highest BCUT2D eigenvalue weighted by Gasteiger charge is 2.30. The van der Waals surface area contributed by atoms with Crippen LogP contribution in [-0.2, 0) is 0 Å². The van der Waals surface area contributed by atoms with Crippen molar-refractivity contribution < 1.29 is 14.1 Å². The SMILES string of the molecule is Cc1ccc(O[C@@H]2CCN(C(=O)c3ccno3)C2)nn1. The van der Waals surface area contributed by atoms with Gasteiger partial charge in [-0.2, -0.15) is 5.10 Å². The quantitative estimate of drug-likeness (QED) is 0.832. The molecular formula is C13H14N4O3. The molecule has 2 aromatic rings. The van der Waals surface area contributed by atoms with E-state index in [2.05, 4.69) is 15.4 Å². The molecule has 1 atom stereocenters. The third kappa shape index (κ3) is 2.61. The number of carbonyl (C=O) groups is 1. The highest BCUT2D eigenvalue weighted by Crippen LogP contribution is 2.18. The summed E-state index contributed by atoms with van der Waals surface area (Å²) in [5, 5.41) is 11.4. The van der Waals surface area contributed by atoms with Crippen LogP contribution in [0.15, 0.2) is 28.9 Å². The van der Waals surface area contributed by atoms with Gasteiger partial charge >= 0.3 is 0 Å². The first-order valence-electron chi connectivity index (χ1n) is 6.39. The summed E-state index contributed by atoms with van der Waals surface area (Å²) in [5.41, 5.74) is 0.839. The van der Waals surface area contributed by atoms with Crippen molar-refractivity contribution in [2.45, 2.75) is 19.4 Å². The molecule has 7 nitrogen and oxygen atoms in total. The van der Waals surface area contributed by atoms with E-state index in [1.807, 2.05) is 13.0 Å². The van der Waals surface area contributed by atoms with Crippen LogP contribution in [0.3, 0.4) is 0 Å². The summed E-state index contributed by atoms with van der Waals surface area (Å²) in [6.45, 7) is 3.00. The van der Waals surface area contributed by atoms with Crippen molar-refractivity contribution in [2.75, 3.05) is 13.1 Å². The van der Waals surface area contributed by atoms with Crippen LogP contribution in [0.2, 0.25) is 0 Å². The second-order valence-corrected chi connectivity index (χ2v) is 4.67. The predicted molar refractivity (Wildman–Crippen MR) is 68.2 cm³/mol. The molecule has 0 aromatic carbocycles. The summed E-state index contributed by atoms with van der Waals surface area (Å²) in [7, 11) is 0. The number of rotatable bonds is 3. The van der Waals surface area contributed by atoms with Crippen LogP contribution in [0.1, 0.15) is 22.7 Å². The number of likely N-dealkylation sites (tertiary alicyclic amines) is 1. The lowest BCUT2D eigenvalue weighted by atomic mass is 10.3. The van der Waals surface area contributed by atoms with Crippen LogP contribution in [0.25, 0.3) is 0 Å². The van der Waals surface area contributed by atoms with Crippen molar-refractivity contribution in [2.24, 2.45) is 0 Å². The summed E-state index contributed by atoms with van der Waals surface area (Å²) in [6, 6.07) is 5.18. The van der Waals surface area contributed by atoms with Crippen molar-refractivity contribution >= 4 is 5.91 Å². The van der Waals surface area contributed by atoms with Gasteiger partial charge in [0.25, 0.3) is 5.91 Å².